The van der Waals surface area contributed by atoms with Crippen LogP contribution in [0, 0.1) is 0 Å². The highest BCUT2D eigenvalue weighted by Gasteiger charge is 2.35. The van der Waals surface area contributed by atoms with Crippen molar-refractivity contribution in [2.24, 2.45) is 0 Å². The number of rotatable bonds is 3. The Morgan fingerprint density at radius 1 is 1.20 bits per heavy atom. The van der Waals surface area contributed by atoms with Gasteiger partial charge in [-0.15, -0.1) is 0 Å². The molecule has 0 aromatic carbocycles. The third kappa shape index (κ3) is 3.81. The van der Waals surface area contributed by atoms with E-state index in [2.05, 4.69) is 0 Å². The van der Waals surface area contributed by atoms with E-state index >= 15 is 0 Å². The van der Waals surface area contributed by atoms with E-state index in [0.717, 1.165) is 0 Å². The highest BCUT2D eigenvalue weighted by Crippen LogP contribution is 2.27. The molecule has 1 rings (SSSR count). The van der Waals surface area contributed by atoms with E-state index in [4.69, 9.17) is 5.11 Å². The van der Waals surface area contributed by atoms with Gasteiger partial charge in [-0.25, -0.2) is 8.78 Å². The molecule has 1 N–H and O–H groups in total. The summed E-state index contributed by atoms with van der Waals surface area (Å²) in [6.45, 7) is 0.0386. The van der Waals surface area contributed by atoms with Crippen molar-refractivity contribution in [3.63, 3.8) is 0 Å². The van der Waals surface area contributed by atoms with Crippen LogP contribution in [0.2, 0.25) is 0 Å². The average Bonchev–Trinajstić information content (AvgIpc) is 2.14. The maximum Gasteiger partial charge on any atom is 0.303 e. The molecule has 15 heavy (non-hydrogen) atoms. The second-order valence-electron chi connectivity index (χ2n) is 3.63. The summed E-state index contributed by atoms with van der Waals surface area (Å²) >= 11 is 0. The second-order valence-corrected chi connectivity index (χ2v) is 3.63. The number of carboxylic acids is 1. The zero-order valence-corrected chi connectivity index (χ0v) is 8.21. The van der Waals surface area contributed by atoms with Crippen LogP contribution in [0.4, 0.5) is 8.78 Å². The highest BCUT2D eigenvalue weighted by atomic mass is 19.3. The molecule has 1 aliphatic heterocycles. The van der Waals surface area contributed by atoms with Crippen LogP contribution in [0.15, 0.2) is 0 Å². The molecule has 1 amide bonds. The van der Waals surface area contributed by atoms with Gasteiger partial charge >= 0.3 is 5.97 Å². The van der Waals surface area contributed by atoms with E-state index < -0.39 is 11.9 Å². The standard InChI is InChI=1S/C9H13F2NO3/c10-9(11)3-5-12(6-4-9)7(13)1-2-8(14)15/h1-6H2,(H,14,15). The lowest BCUT2D eigenvalue weighted by molar-refractivity contribution is -0.143. The summed E-state index contributed by atoms with van der Waals surface area (Å²) in [6.07, 6.45) is -1.01. The fourth-order valence-corrected chi connectivity index (χ4v) is 1.46. The van der Waals surface area contributed by atoms with E-state index in [9.17, 15) is 18.4 Å². The minimum Gasteiger partial charge on any atom is -0.481 e. The lowest BCUT2D eigenvalue weighted by Gasteiger charge is -2.31. The van der Waals surface area contributed by atoms with E-state index in [0.29, 0.717) is 0 Å². The molecule has 6 heteroatoms. The van der Waals surface area contributed by atoms with Gasteiger partial charge in [0, 0.05) is 32.4 Å². The summed E-state index contributed by atoms with van der Waals surface area (Å²) in [7, 11) is 0. The average molecular weight is 221 g/mol. The van der Waals surface area contributed by atoms with Crippen LogP contribution in [0.1, 0.15) is 25.7 Å². The van der Waals surface area contributed by atoms with Crippen LogP contribution < -0.4 is 0 Å². The van der Waals surface area contributed by atoms with Gasteiger partial charge in [0.25, 0.3) is 5.92 Å². The van der Waals surface area contributed by atoms with E-state index in [1.165, 1.54) is 4.90 Å². The number of nitrogens with zero attached hydrogens (tertiary/aromatic N) is 1. The monoisotopic (exact) mass is 221 g/mol. The predicted octanol–water partition coefficient (Wildman–Crippen LogP) is 1.11. The Kier molecular flexibility index (Phi) is 3.60. The van der Waals surface area contributed by atoms with Crippen LogP contribution >= 0.6 is 0 Å². The number of carbonyl (C=O) groups excluding carboxylic acids is 1. The zero-order chi connectivity index (χ0) is 11.5. The van der Waals surface area contributed by atoms with Gasteiger partial charge in [-0.05, 0) is 0 Å². The number of likely N-dealkylation sites (tertiary alicyclic amines) is 1. The molecule has 1 heterocycles. The van der Waals surface area contributed by atoms with Crippen LogP contribution in [0.3, 0.4) is 0 Å². The molecule has 86 valence electrons. The lowest BCUT2D eigenvalue weighted by Crippen LogP contribution is -2.42. The number of amides is 1. The Balaban J connectivity index is 2.33. The molecule has 0 saturated carbocycles. The van der Waals surface area contributed by atoms with Gasteiger partial charge < -0.3 is 10.0 Å². The summed E-state index contributed by atoms with van der Waals surface area (Å²) in [5.74, 6) is -4.08. The minimum absolute atomic E-state index is 0.0193. The number of carboxylic acid groups (broad SMARTS) is 1. The fourth-order valence-electron chi connectivity index (χ4n) is 1.46. The molecule has 4 nitrogen and oxygen atoms in total. The van der Waals surface area contributed by atoms with Crippen LogP contribution in [-0.4, -0.2) is 40.9 Å². The summed E-state index contributed by atoms with van der Waals surface area (Å²) in [4.78, 5) is 22.8. The summed E-state index contributed by atoms with van der Waals surface area (Å²) in [5.41, 5.74) is 0. The molecule has 0 spiro atoms. The van der Waals surface area contributed by atoms with Crippen LogP contribution in [0.5, 0.6) is 0 Å². The number of piperidine rings is 1. The third-order valence-electron chi connectivity index (χ3n) is 2.40. The molecule has 1 aliphatic rings. The number of alkyl halides is 2. The molecule has 0 aromatic heterocycles. The fraction of sp³-hybridized carbons (Fsp3) is 0.778. The maximum atomic E-state index is 12.7. The Morgan fingerprint density at radius 3 is 2.20 bits per heavy atom. The Hall–Kier alpha value is -1.20. The van der Waals surface area contributed by atoms with Crippen molar-refractivity contribution in [3.05, 3.63) is 0 Å². The van der Waals surface area contributed by atoms with E-state index in [1.54, 1.807) is 0 Å². The van der Waals surface area contributed by atoms with Gasteiger partial charge in [0.15, 0.2) is 0 Å². The lowest BCUT2D eigenvalue weighted by atomic mass is 10.1. The van der Waals surface area contributed by atoms with Crippen LogP contribution in [0.25, 0.3) is 0 Å². The largest absolute Gasteiger partial charge is 0.481 e. The maximum absolute atomic E-state index is 12.7. The summed E-state index contributed by atoms with van der Waals surface area (Å²) in [5, 5.41) is 8.35. The quantitative estimate of drug-likeness (QED) is 0.776. The number of aliphatic carboxylic acids is 1. The Labute approximate surface area is 85.9 Å². The topological polar surface area (TPSA) is 57.6 Å². The molecule has 0 bridgehead atoms. The van der Waals surface area contributed by atoms with Crippen molar-refractivity contribution in [3.8, 4) is 0 Å². The molecule has 0 radical (unpaired) electrons. The van der Waals surface area contributed by atoms with Crippen molar-refractivity contribution in [1.29, 1.82) is 0 Å². The predicted molar refractivity (Wildman–Crippen MR) is 47.6 cm³/mol. The Bertz CT molecular complexity index is 258. The molecular formula is C9H13F2NO3. The molecule has 0 aliphatic carbocycles. The van der Waals surface area contributed by atoms with Crippen molar-refractivity contribution in [2.75, 3.05) is 13.1 Å². The van der Waals surface area contributed by atoms with Gasteiger partial charge in [-0.2, -0.15) is 0 Å². The van der Waals surface area contributed by atoms with Gasteiger partial charge in [0.05, 0.1) is 6.42 Å². The van der Waals surface area contributed by atoms with Crippen molar-refractivity contribution < 1.29 is 23.5 Å². The first kappa shape index (κ1) is 11.9. The van der Waals surface area contributed by atoms with Gasteiger partial charge in [-0.1, -0.05) is 0 Å². The van der Waals surface area contributed by atoms with Crippen LogP contribution in [-0.2, 0) is 9.59 Å². The molecule has 0 unspecified atom stereocenters. The first-order valence-corrected chi connectivity index (χ1v) is 4.78. The molecule has 0 aromatic rings. The zero-order valence-electron chi connectivity index (χ0n) is 8.21. The molecule has 1 saturated heterocycles. The second kappa shape index (κ2) is 4.55. The van der Waals surface area contributed by atoms with E-state index in [1.807, 2.05) is 0 Å². The molecular weight excluding hydrogens is 208 g/mol. The SMILES string of the molecule is O=C(O)CCC(=O)N1CCC(F)(F)CC1. The molecule has 0 atom stereocenters. The number of carbonyl (C=O) groups is 2. The van der Waals surface area contributed by atoms with Gasteiger partial charge in [0.1, 0.15) is 0 Å². The number of hydrogen-bond donors (Lipinski definition) is 1. The van der Waals surface area contributed by atoms with Crippen molar-refractivity contribution in [1.82, 2.24) is 4.90 Å². The smallest absolute Gasteiger partial charge is 0.303 e. The summed E-state index contributed by atoms with van der Waals surface area (Å²) in [6, 6.07) is 0. The minimum atomic E-state index is -2.68. The molecule has 1 fully saturated rings. The summed E-state index contributed by atoms with van der Waals surface area (Å²) < 4.78 is 25.4. The number of halogens is 2. The first-order valence-electron chi connectivity index (χ1n) is 4.78. The first-order chi connectivity index (χ1) is 6.91. The van der Waals surface area contributed by atoms with Gasteiger partial charge in [0.2, 0.25) is 5.91 Å². The van der Waals surface area contributed by atoms with Crippen molar-refractivity contribution >= 4 is 11.9 Å². The van der Waals surface area contributed by atoms with Gasteiger partial charge in [-0.3, -0.25) is 9.59 Å². The number of hydrogen-bond acceptors (Lipinski definition) is 2. The van der Waals surface area contributed by atoms with E-state index in [-0.39, 0.29) is 44.7 Å². The Morgan fingerprint density at radius 2 is 1.73 bits per heavy atom. The normalized spacial score (nSPS) is 20.0. The van der Waals surface area contributed by atoms with Crippen molar-refractivity contribution in [2.45, 2.75) is 31.6 Å². The highest BCUT2D eigenvalue weighted by molar-refractivity contribution is 5.80. The third-order valence-corrected chi connectivity index (χ3v) is 2.40.